The molecule has 0 saturated heterocycles. The van der Waals surface area contributed by atoms with Gasteiger partial charge >= 0.3 is 0 Å². The number of hydrogen-bond acceptors (Lipinski definition) is 3. The second kappa shape index (κ2) is 12.1. The predicted octanol–water partition coefficient (Wildman–Crippen LogP) is 3.23. The molecule has 0 unspecified atom stereocenters. The molecule has 5 heteroatoms. The van der Waals surface area contributed by atoms with Crippen LogP contribution in [0.5, 0.6) is 0 Å². The lowest BCUT2D eigenvalue weighted by Crippen LogP contribution is -2.32. The molecule has 0 radical (unpaired) electrons. The molecule has 140 valence electrons. The molecule has 26 heavy (non-hydrogen) atoms. The van der Waals surface area contributed by atoms with E-state index in [9.17, 15) is 0 Å². The second-order valence-corrected chi connectivity index (χ2v) is 5.98. The molecule has 0 fully saturated rings. The quantitative estimate of drug-likeness (QED) is 0.369. The summed E-state index contributed by atoms with van der Waals surface area (Å²) in [6.45, 7) is 5.99. The van der Waals surface area contributed by atoms with Gasteiger partial charge in [-0.25, -0.2) is 4.99 Å². The minimum atomic E-state index is 0.465. The van der Waals surface area contributed by atoms with Crippen molar-refractivity contribution >= 4 is 5.96 Å². The SMILES string of the molecule is CCOCCCNC(N)=NCc1cccc(COCc2ccccc2)c1. The Morgan fingerprint density at radius 1 is 0.962 bits per heavy atom. The van der Waals surface area contributed by atoms with Crippen LogP contribution in [0.3, 0.4) is 0 Å². The summed E-state index contributed by atoms with van der Waals surface area (Å²) in [4.78, 5) is 4.38. The first-order valence-electron chi connectivity index (χ1n) is 9.09. The van der Waals surface area contributed by atoms with E-state index in [0.29, 0.717) is 25.7 Å². The lowest BCUT2D eigenvalue weighted by atomic mass is 10.1. The van der Waals surface area contributed by atoms with Gasteiger partial charge in [0.05, 0.1) is 19.8 Å². The number of benzene rings is 2. The molecular weight excluding hydrogens is 326 g/mol. The summed E-state index contributed by atoms with van der Waals surface area (Å²) in [6, 6.07) is 18.4. The fourth-order valence-corrected chi connectivity index (χ4v) is 2.45. The van der Waals surface area contributed by atoms with Gasteiger partial charge in [-0.1, -0.05) is 54.6 Å². The maximum Gasteiger partial charge on any atom is 0.188 e. The van der Waals surface area contributed by atoms with Gasteiger partial charge < -0.3 is 20.5 Å². The molecule has 3 N–H and O–H groups in total. The zero-order valence-corrected chi connectivity index (χ0v) is 15.5. The third-order valence-electron chi connectivity index (χ3n) is 3.78. The number of ether oxygens (including phenoxy) is 2. The summed E-state index contributed by atoms with van der Waals surface area (Å²) in [5.74, 6) is 0.465. The van der Waals surface area contributed by atoms with Gasteiger partial charge in [-0.05, 0) is 30.0 Å². The highest BCUT2D eigenvalue weighted by Crippen LogP contribution is 2.09. The lowest BCUT2D eigenvalue weighted by Gasteiger charge is -2.07. The molecule has 0 aliphatic carbocycles. The van der Waals surface area contributed by atoms with Gasteiger partial charge in [0, 0.05) is 19.8 Å². The number of rotatable bonds is 11. The zero-order chi connectivity index (χ0) is 18.5. The van der Waals surface area contributed by atoms with Crippen molar-refractivity contribution in [1.82, 2.24) is 5.32 Å². The average molecular weight is 355 g/mol. The van der Waals surface area contributed by atoms with E-state index >= 15 is 0 Å². The summed E-state index contributed by atoms with van der Waals surface area (Å²) < 4.78 is 11.1. The second-order valence-electron chi connectivity index (χ2n) is 5.98. The number of nitrogens with one attached hydrogen (secondary N) is 1. The van der Waals surface area contributed by atoms with E-state index in [-0.39, 0.29) is 0 Å². The molecule has 2 aromatic rings. The first-order valence-corrected chi connectivity index (χ1v) is 9.09. The number of guanidine groups is 1. The third-order valence-corrected chi connectivity index (χ3v) is 3.78. The maximum atomic E-state index is 5.89. The van der Waals surface area contributed by atoms with Gasteiger partial charge in [0.15, 0.2) is 5.96 Å². The number of hydrogen-bond donors (Lipinski definition) is 2. The number of nitrogens with two attached hydrogens (primary N) is 1. The molecule has 2 rings (SSSR count). The molecule has 0 aliphatic heterocycles. The average Bonchev–Trinajstić information content (AvgIpc) is 2.67. The van der Waals surface area contributed by atoms with Crippen LogP contribution in [0.25, 0.3) is 0 Å². The van der Waals surface area contributed by atoms with E-state index in [1.54, 1.807) is 0 Å². The van der Waals surface area contributed by atoms with Gasteiger partial charge in [-0.2, -0.15) is 0 Å². The molecule has 0 saturated carbocycles. The van der Waals surface area contributed by atoms with Crippen molar-refractivity contribution < 1.29 is 9.47 Å². The Morgan fingerprint density at radius 2 is 1.69 bits per heavy atom. The molecule has 0 heterocycles. The minimum absolute atomic E-state index is 0.465. The highest BCUT2D eigenvalue weighted by Gasteiger charge is 1.99. The number of aliphatic imine (C=N–C) groups is 1. The molecule has 0 bridgehead atoms. The van der Waals surface area contributed by atoms with Crippen molar-refractivity contribution in [1.29, 1.82) is 0 Å². The molecule has 0 spiro atoms. The summed E-state index contributed by atoms with van der Waals surface area (Å²) >= 11 is 0. The Labute approximate surface area is 156 Å². The Morgan fingerprint density at radius 3 is 2.50 bits per heavy atom. The van der Waals surface area contributed by atoms with E-state index in [2.05, 4.69) is 34.6 Å². The summed E-state index contributed by atoms with van der Waals surface area (Å²) in [7, 11) is 0. The number of nitrogens with zero attached hydrogens (tertiary/aromatic N) is 1. The highest BCUT2D eigenvalue weighted by atomic mass is 16.5. The molecule has 5 nitrogen and oxygen atoms in total. The van der Waals surface area contributed by atoms with Crippen LogP contribution in [0.15, 0.2) is 59.6 Å². The fourth-order valence-electron chi connectivity index (χ4n) is 2.45. The zero-order valence-electron chi connectivity index (χ0n) is 15.5. The van der Waals surface area contributed by atoms with Crippen LogP contribution in [0.1, 0.15) is 30.0 Å². The van der Waals surface area contributed by atoms with Crippen LogP contribution in [0.2, 0.25) is 0 Å². The molecule has 0 amide bonds. The standard InChI is InChI=1S/C21H29N3O2/c1-2-25-13-7-12-23-21(22)24-15-19-10-6-11-20(14-19)17-26-16-18-8-4-3-5-9-18/h3-6,8-11,14H,2,7,12-13,15-17H2,1H3,(H3,22,23,24). The largest absolute Gasteiger partial charge is 0.382 e. The van der Waals surface area contributed by atoms with E-state index in [1.807, 2.05) is 37.3 Å². The van der Waals surface area contributed by atoms with Crippen molar-refractivity contribution in [3.05, 3.63) is 71.3 Å². The lowest BCUT2D eigenvalue weighted by molar-refractivity contribution is 0.107. The smallest absolute Gasteiger partial charge is 0.188 e. The Bertz CT molecular complexity index is 659. The Kier molecular flexibility index (Phi) is 9.25. The van der Waals surface area contributed by atoms with Gasteiger partial charge in [-0.3, -0.25) is 0 Å². The highest BCUT2D eigenvalue weighted by molar-refractivity contribution is 5.77. The molecular formula is C21H29N3O2. The van der Waals surface area contributed by atoms with E-state index in [1.165, 1.54) is 5.56 Å². The van der Waals surface area contributed by atoms with Gasteiger partial charge in [0.1, 0.15) is 0 Å². The van der Waals surface area contributed by atoms with Crippen LogP contribution < -0.4 is 11.1 Å². The summed E-state index contributed by atoms with van der Waals surface area (Å²) in [5, 5.41) is 3.10. The Balaban J connectivity index is 1.72. The van der Waals surface area contributed by atoms with Crippen LogP contribution in [-0.4, -0.2) is 25.7 Å². The van der Waals surface area contributed by atoms with Crippen molar-refractivity contribution in [2.75, 3.05) is 19.8 Å². The predicted molar refractivity (Wildman–Crippen MR) is 106 cm³/mol. The van der Waals surface area contributed by atoms with E-state index < -0.39 is 0 Å². The first kappa shape index (κ1) is 19.9. The molecule has 0 aliphatic rings. The van der Waals surface area contributed by atoms with Crippen LogP contribution in [0.4, 0.5) is 0 Å². The summed E-state index contributed by atoms with van der Waals surface area (Å²) in [6.07, 6.45) is 0.915. The topological polar surface area (TPSA) is 68.9 Å². The van der Waals surface area contributed by atoms with Crippen LogP contribution in [-0.2, 0) is 29.2 Å². The molecule has 0 aromatic heterocycles. The van der Waals surface area contributed by atoms with Gasteiger partial charge in [-0.15, -0.1) is 0 Å². The van der Waals surface area contributed by atoms with E-state index in [4.69, 9.17) is 15.2 Å². The van der Waals surface area contributed by atoms with Gasteiger partial charge in [0.2, 0.25) is 0 Å². The summed E-state index contributed by atoms with van der Waals surface area (Å²) in [5.41, 5.74) is 9.32. The monoisotopic (exact) mass is 355 g/mol. The molecule has 0 atom stereocenters. The first-order chi connectivity index (χ1) is 12.8. The van der Waals surface area contributed by atoms with Crippen LogP contribution >= 0.6 is 0 Å². The van der Waals surface area contributed by atoms with Crippen LogP contribution in [0, 0.1) is 0 Å². The molecule has 2 aromatic carbocycles. The normalized spacial score (nSPS) is 11.5. The van der Waals surface area contributed by atoms with Crippen molar-refractivity contribution in [2.24, 2.45) is 10.7 Å². The van der Waals surface area contributed by atoms with Crippen molar-refractivity contribution in [3.8, 4) is 0 Å². The van der Waals surface area contributed by atoms with E-state index in [0.717, 1.165) is 37.3 Å². The third kappa shape index (κ3) is 8.14. The van der Waals surface area contributed by atoms with Crippen molar-refractivity contribution in [3.63, 3.8) is 0 Å². The Hall–Kier alpha value is -2.37. The fraction of sp³-hybridized carbons (Fsp3) is 0.381. The van der Waals surface area contributed by atoms with Crippen molar-refractivity contribution in [2.45, 2.75) is 33.1 Å². The minimum Gasteiger partial charge on any atom is -0.382 e. The van der Waals surface area contributed by atoms with Gasteiger partial charge in [0.25, 0.3) is 0 Å². The maximum absolute atomic E-state index is 5.89.